The first-order chi connectivity index (χ1) is 15.9. The van der Waals surface area contributed by atoms with Gasteiger partial charge in [0, 0.05) is 49.4 Å². The second-order valence-corrected chi connectivity index (χ2v) is 7.57. The van der Waals surface area contributed by atoms with Crippen LogP contribution < -0.4 is 10.6 Å². The van der Waals surface area contributed by atoms with Crippen LogP contribution in [-0.4, -0.2) is 30.8 Å². The van der Waals surface area contributed by atoms with Crippen LogP contribution in [0.1, 0.15) is 27.9 Å². The molecule has 0 bridgehead atoms. The number of nitrogens with one attached hydrogen (secondary N) is 2. The molecule has 2 heterocycles. The predicted molar refractivity (Wildman–Crippen MR) is 117 cm³/mol. The van der Waals surface area contributed by atoms with E-state index in [1.54, 1.807) is 0 Å². The van der Waals surface area contributed by atoms with E-state index < -0.39 is 23.8 Å². The monoisotopic (exact) mass is 455 g/mol. The third-order valence-electron chi connectivity index (χ3n) is 5.70. The zero-order valence-corrected chi connectivity index (χ0v) is 18.2. The van der Waals surface area contributed by atoms with Crippen molar-refractivity contribution in [3.63, 3.8) is 0 Å². The molecule has 1 aliphatic heterocycles. The molecule has 33 heavy (non-hydrogen) atoms. The standard InChI is InChI=1S/C24H23F2N3O4/c1-27-23(30)32-12-17-18(13-33-24(31)28-2)22(15-7-8-19(25)20(26)9-15)29-11-16-6-4-3-5-14(16)10-21(17)29/h3-9H,10-13H2,1-2H3,(H,27,30)(H,28,31). The number of hydrogen-bond donors (Lipinski definition) is 2. The molecule has 0 saturated heterocycles. The quantitative estimate of drug-likeness (QED) is 0.475. The van der Waals surface area contributed by atoms with Gasteiger partial charge in [-0.15, -0.1) is 0 Å². The van der Waals surface area contributed by atoms with Crippen molar-refractivity contribution in [3.05, 3.63) is 82.0 Å². The van der Waals surface area contributed by atoms with Gasteiger partial charge in [0.25, 0.3) is 0 Å². The van der Waals surface area contributed by atoms with Crippen molar-refractivity contribution in [2.24, 2.45) is 0 Å². The molecular weight excluding hydrogens is 432 g/mol. The summed E-state index contributed by atoms with van der Waals surface area (Å²) in [6.07, 6.45) is -0.713. The van der Waals surface area contributed by atoms with Crippen LogP contribution in [-0.2, 0) is 35.7 Å². The molecule has 2 aromatic carbocycles. The number of rotatable bonds is 5. The minimum Gasteiger partial charge on any atom is -0.445 e. The van der Waals surface area contributed by atoms with Gasteiger partial charge in [-0.2, -0.15) is 0 Å². The lowest BCUT2D eigenvalue weighted by Crippen LogP contribution is -2.21. The van der Waals surface area contributed by atoms with Gasteiger partial charge in [0.05, 0.1) is 5.69 Å². The molecule has 2 amide bonds. The maximum absolute atomic E-state index is 14.2. The summed E-state index contributed by atoms with van der Waals surface area (Å²) in [4.78, 5) is 23.6. The summed E-state index contributed by atoms with van der Waals surface area (Å²) in [5, 5.41) is 4.80. The Hall–Kier alpha value is -3.88. The van der Waals surface area contributed by atoms with Crippen molar-refractivity contribution in [1.29, 1.82) is 0 Å². The third-order valence-corrected chi connectivity index (χ3v) is 5.70. The second kappa shape index (κ2) is 9.32. The Morgan fingerprint density at radius 3 is 2.18 bits per heavy atom. The summed E-state index contributed by atoms with van der Waals surface area (Å²) in [5.41, 5.74) is 5.29. The molecule has 1 aliphatic rings. The molecule has 9 heteroatoms. The van der Waals surface area contributed by atoms with E-state index in [0.717, 1.165) is 29.0 Å². The number of carbonyl (C=O) groups excluding carboxylic acids is 2. The fourth-order valence-corrected chi connectivity index (χ4v) is 4.11. The number of ether oxygens (including phenoxy) is 2. The minimum absolute atomic E-state index is 0.0761. The summed E-state index contributed by atoms with van der Waals surface area (Å²) in [6, 6.07) is 11.6. The summed E-state index contributed by atoms with van der Waals surface area (Å²) in [7, 11) is 2.89. The Bertz CT molecular complexity index is 1220. The number of benzene rings is 2. The van der Waals surface area contributed by atoms with Crippen molar-refractivity contribution in [2.45, 2.75) is 26.2 Å². The number of hydrogen-bond acceptors (Lipinski definition) is 4. The van der Waals surface area contributed by atoms with Crippen LogP contribution >= 0.6 is 0 Å². The predicted octanol–water partition coefficient (Wildman–Crippen LogP) is 4.10. The average molecular weight is 455 g/mol. The fourth-order valence-electron chi connectivity index (χ4n) is 4.11. The van der Waals surface area contributed by atoms with Gasteiger partial charge < -0.3 is 24.7 Å². The van der Waals surface area contributed by atoms with Crippen LogP contribution in [0.3, 0.4) is 0 Å². The first kappa shape index (κ1) is 22.3. The van der Waals surface area contributed by atoms with Crippen LogP contribution in [0.15, 0.2) is 42.5 Å². The van der Waals surface area contributed by atoms with Crippen molar-refractivity contribution >= 4 is 12.2 Å². The van der Waals surface area contributed by atoms with Gasteiger partial charge in [-0.05, 0) is 29.3 Å². The molecule has 0 unspecified atom stereocenters. The van der Waals surface area contributed by atoms with E-state index in [9.17, 15) is 18.4 Å². The molecule has 0 spiro atoms. The third kappa shape index (κ3) is 4.39. The lowest BCUT2D eigenvalue weighted by molar-refractivity contribution is 0.134. The number of nitrogens with zero attached hydrogens (tertiary/aromatic N) is 1. The average Bonchev–Trinajstić information content (AvgIpc) is 3.13. The number of aromatic nitrogens is 1. The summed E-state index contributed by atoms with van der Waals surface area (Å²) in [6.45, 7) is 0.261. The maximum Gasteiger partial charge on any atom is 0.407 e. The normalized spacial score (nSPS) is 11.9. The molecule has 4 rings (SSSR count). The van der Waals surface area contributed by atoms with Crippen LogP contribution in [0.4, 0.5) is 18.4 Å². The Labute approximate surface area is 189 Å². The molecule has 0 fully saturated rings. The summed E-state index contributed by atoms with van der Waals surface area (Å²) in [5.74, 6) is -1.94. The van der Waals surface area contributed by atoms with E-state index >= 15 is 0 Å². The fraction of sp³-hybridized carbons (Fsp3) is 0.250. The zero-order chi connectivity index (χ0) is 23.5. The number of halogens is 2. The maximum atomic E-state index is 14.2. The lowest BCUT2D eigenvalue weighted by Gasteiger charge is -2.22. The van der Waals surface area contributed by atoms with E-state index in [2.05, 4.69) is 10.6 Å². The Balaban J connectivity index is 1.90. The van der Waals surface area contributed by atoms with Crippen molar-refractivity contribution < 1.29 is 27.8 Å². The molecule has 0 saturated carbocycles. The highest BCUT2D eigenvalue weighted by Gasteiger charge is 2.29. The zero-order valence-electron chi connectivity index (χ0n) is 18.2. The van der Waals surface area contributed by atoms with Gasteiger partial charge in [0.1, 0.15) is 13.2 Å². The van der Waals surface area contributed by atoms with E-state index in [1.165, 1.54) is 20.2 Å². The summed E-state index contributed by atoms with van der Waals surface area (Å²) >= 11 is 0. The van der Waals surface area contributed by atoms with Gasteiger partial charge in [-0.1, -0.05) is 24.3 Å². The van der Waals surface area contributed by atoms with Crippen LogP contribution in [0.5, 0.6) is 0 Å². The molecule has 0 atom stereocenters. The van der Waals surface area contributed by atoms with Gasteiger partial charge in [0.2, 0.25) is 0 Å². The highest BCUT2D eigenvalue weighted by Crippen LogP contribution is 2.38. The molecule has 3 aromatic rings. The number of alkyl carbamates (subject to hydrolysis) is 2. The minimum atomic E-state index is -0.986. The highest BCUT2D eigenvalue weighted by molar-refractivity contribution is 5.71. The van der Waals surface area contributed by atoms with E-state index in [1.807, 2.05) is 28.8 Å². The molecule has 1 aromatic heterocycles. The van der Waals surface area contributed by atoms with Crippen molar-refractivity contribution in [3.8, 4) is 11.3 Å². The topological polar surface area (TPSA) is 81.6 Å². The summed E-state index contributed by atoms with van der Waals surface area (Å²) < 4.78 is 40.5. The smallest absolute Gasteiger partial charge is 0.407 e. The first-order valence-electron chi connectivity index (χ1n) is 10.4. The van der Waals surface area contributed by atoms with Gasteiger partial charge in [-0.25, -0.2) is 18.4 Å². The largest absolute Gasteiger partial charge is 0.445 e. The van der Waals surface area contributed by atoms with Gasteiger partial charge in [-0.3, -0.25) is 0 Å². The molecular formula is C24H23F2N3O4. The van der Waals surface area contributed by atoms with Crippen LogP contribution in [0.2, 0.25) is 0 Å². The van der Waals surface area contributed by atoms with Gasteiger partial charge in [0.15, 0.2) is 11.6 Å². The lowest BCUT2D eigenvalue weighted by atomic mass is 9.97. The molecule has 2 N–H and O–H groups in total. The molecule has 0 radical (unpaired) electrons. The van der Waals surface area contributed by atoms with Crippen LogP contribution in [0.25, 0.3) is 11.3 Å². The molecule has 172 valence electrons. The number of carbonyl (C=O) groups is 2. The first-order valence-corrected chi connectivity index (χ1v) is 10.4. The van der Waals surface area contributed by atoms with Crippen molar-refractivity contribution in [1.82, 2.24) is 15.2 Å². The Morgan fingerprint density at radius 2 is 1.55 bits per heavy atom. The van der Waals surface area contributed by atoms with E-state index in [-0.39, 0.29) is 13.2 Å². The molecule has 0 aliphatic carbocycles. The van der Waals surface area contributed by atoms with Crippen molar-refractivity contribution in [2.75, 3.05) is 14.1 Å². The number of fused-ring (bicyclic) bond motifs is 2. The molecule has 7 nitrogen and oxygen atoms in total. The SMILES string of the molecule is CNC(=O)OCc1c(COC(=O)NC)c(-c2ccc(F)c(F)c2)n2c1Cc1ccccc1C2. The van der Waals surface area contributed by atoms with E-state index in [0.29, 0.717) is 35.3 Å². The van der Waals surface area contributed by atoms with E-state index in [4.69, 9.17) is 9.47 Å². The van der Waals surface area contributed by atoms with Gasteiger partial charge >= 0.3 is 12.2 Å². The highest BCUT2D eigenvalue weighted by atomic mass is 19.2. The number of amides is 2. The Kier molecular flexibility index (Phi) is 6.30. The van der Waals surface area contributed by atoms with Crippen LogP contribution in [0, 0.1) is 11.6 Å². The second-order valence-electron chi connectivity index (χ2n) is 7.57. The Morgan fingerprint density at radius 1 is 0.909 bits per heavy atom.